The van der Waals surface area contributed by atoms with E-state index in [1.165, 1.54) is 0 Å². The van der Waals surface area contributed by atoms with Crippen LogP contribution in [0.15, 0.2) is 0 Å². The maximum Gasteiger partial charge on any atom is 0.407 e. The molecule has 6 nitrogen and oxygen atoms in total. The van der Waals surface area contributed by atoms with Crippen molar-refractivity contribution >= 4 is 23.6 Å². The smallest absolute Gasteiger partial charge is 0.407 e. The second-order valence-electron chi connectivity index (χ2n) is 7.51. The topological polar surface area (TPSA) is 73.9 Å². The molecule has 1 fully saturated rings. The number of alkyl carbamates (subject to hydrolysis) is 1. The van der Waals surface area contributed by atoms with Gasteiger partial charge in [-0.15, -0.1) is 0 Å². The van der Waals surface area contributed by atoms with Gasteiger partial charge in [0.15, 0.2) is 0 Å². The van der Waals surface area contributed by atoms with Crippen molar-refractivity contribution in [3.05, 3.63) is 0 Å². The summed E-state index contributed by atoms with van der Waals surface area (Å²) >= 11 is 2.03. The van der Waals surface area contributed by atoms with E-state index in [1.54, 1.807) is 0 Å². The van der Waals surface area contributed by atoms with Crippen molar-refractivity contribution in [2.45, 2.75) is 76.4 Å². The first kappa shape index (κ1) is 24.2. The van der Waals surface area contributed by atoms with E-state index in [2.05, 4.69) is 19.2 Å². The molecule has 0 bridgehead atoms. The molecule has 1 rings (SSSR count). The molecule has 0 radical (unpaired) electrons. The average molecular weight is 404 g/mol. The molecule has 1 aliphatic rings. The Kier molecular flexibility index (Phi) is 12.8. The fourth-order valence-electron chi connectivity index (χ4n) is 2.87. The fraction of sp³-hybridized carbons (Fsp3) is 0.900. The van der Waals surface area contributed by atoms with E-state index in [0.717, 1.165) is 25.7 Å². The first-order valence-electron chi connectivity index (χ1n) is 10.2. The summed E-state index contributed by atoms with van der Waals surface area (Å²) in [6, 6.07) is 0. The van der Waals surface area contributed by atoms with Crippen molar-refractivity contribution in [2.24, 2.45) is 5.92 Å². The molecule has 0 aromatic carbocycles. The summed E-state index contributed by atoms with van der Waals surface area (Å²) in [5.74, 6) is 0.274. The summed E-state index contributed by atoms with van der Waals surface area (Å²) in [6.07, 6.45) is 4.26. The molecule has 0 heterocycles. The Balaban J connectivity index is 1.92. The van der Waals surface area contributed by atoms with Crippen molar-refractivity contribution < 1.29 is 23.8 Å². The second-order valence-corrected chi connectivity index (χ2v) is 9.39. The van der Waals surface area contributed by atoms with E-state index in [-0.39, 0.29) is 23.9 Å². The first-order chi connectivity index (χ1) is 12.9. The maximum absolute atomic E-state index is 11.8. The molecular weight excluding hydrogens is 366 g/mol. The molecule has 1 aliphatic carbocycles. The van der Waals surface area contributed by atoms with E-state index < -0.39 is 0 Å². The summed E-state index contributed by atoms with van der Waals surface area (Å²) in [6.45, 7) is 10.4. The highest BCUT2D eigenvalue weighted by molar-refractivity contribution is 8.00. The molecule has 1 saturated carbocycles. The minimum absolute atomic E-state index is 0.0388. The number of ether oxygens (including phenoxy) is 3. The third kappa shape index (κ3) is 12.3. The van der Waals surface area contributed by atoms with Crippen LogP contribution in [-0.2, 0) is 19.0 Å². The molecule has 1 amide bonds. The molecule has 0 aromatic rings. The lowest BCUT2D eigenvalue weighted by atomic mass is 9.97. The molecule has 0 saturated heterocycles. The highest BCUT2D eigenvalue weighted by Gasteiger charge is 2.24. The van der Waals surface area contributed by atoms with Gasteiger partial charge in [-0.1, -0.05) is 27.7 Å². The lowest BCUT2D eigenvalue weighted by Crippen LogP contribution is -2.33. The quantitative estimate of drug-likeness (QED) is 0.471. The Labute approximate surface area is 168 Å². The predicted molar refractivity (Wildman–Crippen MR) is 109 cm³/mol. The van der Waals surface area contributed by atoms with Crippen LogP contribution in [0.2, 0.25) is 0 Å². The number of hydrogen-bond donors (Lipinski definition) is 1. The van der Waals surface area contributed by atoms with Crippen LogP contribution in [0.3, 0.4) is 0 Å². The number of carbonyl (C=O) groups is 2. The van der Waals surface area contributed by atoms with Gasteiger partial charge in [-0.2, -0.15) is 11.8 Å². The summed E-state index contributed by atoms with van der Waals surface area (Å²) in [4.78, 5) is 23.2. The number of hydrogen-bond acceptors (Lipinski definition) is 6. The largest absolute Gasteiger partial charge is 0.446 e. The summed E-state index contributed by atoms with van der Waals surface area (Å²) < 4.78 is 16.2. The minimum Gasteiger partial charge on any atom is -0.446 e. The van der Waals surface area contributed by atoms with Crippen LogP contribution in [-0.4, -0.2) is 61.5 Å². The number of thioether (sulfide) groups is 1. The zero-order valence-electron chi connectivity index (χ0n) is 17.3. The summed E-state index contributed by atoms with van der Waals surface area (Å²) in [5.41, 5.74) is 0. The molecule has 7 heteroatoms. The van der Waals surface area contributed by atoms with Crippen LogP contribution in [0.4, 0.5) is 4.79 Å². The van der Waals surface area contributed by atoms with Gasteiger partial charge in [0, 0.05) is 24.1 Å². The molecule has 0 aliphatic heterocycles. The average Bonchev–Trinajstić information content (AvgIpc) is 2.61. The van der Waals surface area contributed by atoms with Crippen molar-refractivity contribution in [1.82, 2.24) is 5.32 Å². The number of Topliss-reactive ketones (excluding diaryl/α,β-unsaturated/α-hetero) is 1. The summed E-state index contributed by atoms with van der Waals surface area (Å²) in [5, 5.41) is 4.08. The van der Waals surface area contributed by atoms with Crippen LogP contribution < -0.4 is 5.32 Å². The van der Waals surface area contributed by atoms with Crippen molar-refractivity contribution in [3.8, 4) is 0 Å². The standard InChI is InChI=1S/C20H37NO5S/c1-15(2)19(22)9-11-24-13-14-25-12-10-21-20(23)26-17-5-7-18(8-6-17)27-16(3)4/h15-18H,5-14H2,1-4H3,(H,21,23). The second kappa shape index (κ2) is 14.2. The maximum atomic E-state index is 11.8. The van der Waals surface area contributed by atoms with Gasteiger partial charge in [0.05, 0.1) is 26.4 Å². The van der Waals surface area contributed by atoms with Crippen molar-refractivity contribution in [2.75, 3.05) is 33.0 Å². The number of rotatable bonds is 13. The van der Waals surface area contributed by atoms with Crippen LogP contribution in [0.5, 0.6) is 0 Å². The molecule has 1 N–H and O–H groups in total. The normalized spacial score (nSPS) is 20.1. The Morgan fingerprint density at radius 1 is 0.963 bits per heavy atom. The zero-order chi connectivity index (χ0) is 20.1. The van der Waals surface area contributed by atoms with Gasteiger partial charge < -0.3 is 19.5 Å². The van der Waals surface area contributed by atoms with E-state index in [9.17, 15) is 9.59 Å². The Morgan fingerprint density at radius 3 is 2.19 bits per heavy atom. The molecule has 158 valence electrons. The third-order valence-electron chi connectivity index (χ3n) is 4.38. The Bertz CT molecular complexity index is 423. The summed E-state index contributed by atoms with van der Waals surface area (Å²) in [7, 11) is 0. The number of ketones is 1. The third-order valence-corrected chi connectivity index (χ3v) is 5.78. The van der Waals surface area contributed by atoms with Crippen LogP contribution in [0.1, 0.15) is 59.8 Å². The lowest BCUT2D eigenvalue weighted by Gasteiger charge is -2.28. The Morgan fingerprint density at radius 2 is 1.59 bits per heavy atom. The van der Waals surface area contributed by atoms with Gasteiger partial charge in [0.1, 0.15) is 11.9 Å². The van der Waals surface area contributed by atoms with E-state index in [4.69, 9.17) is 14.2 Å². The highest BCUT2D eigenvalue weighted by atomic mass is 32.2. The van der Waals surface area contributed by atoms with E-state index in [1.807, 2.05) is 25.6 Å². The van der Waals surface area contributed by atoms with Crippen LogP contribution in [0, 0.1) is 5.92 Å². The van der Waals surface area contributed by atoms with Gasteiger partial charge in [-0.25, -0.2) is 4.79 Å². The SMILES string of the molecule is CC(C)SC1CCC(OC(=O)NCCOCCOCCC(=O)C(C)C)CC1. The van der Waals surface area contributed by atoms with E-state index in [0.29, 0.717) is 49.9 Å². The molecule has 0 atom stereocenters. The number of amides is 1. The van der Waals surface area contributed by atoms with E-state index >= 15 is 0 Å². The van der Waals surface area contributed by atoms with Crippen molar-refractivity contribution in [3.63, 3.8) is 0 Å². The van der Waals surface area contributed by atoms with Crippen LogP contribution in [0.25, 0.3) is 0 Å². The molecule has 27 heavy (non-hydrogen) atoms. The number of carbonyl (C=O) groups excluding carboxylic acids is 2. The molecule has 0 aromatic heterocycles. The lowest BCUT2D eigenvalue weighted by molar-refractivity contribution is -0.123. The number of nitrogens with one attached hydrogen (secondary N) is 1. The van der Waals surface area contributed by atoms with Gasteiger partial charge >= 0.3 is 6.09 Å². The van der Waals surface area contributed by atoms with Crippen LogP contribution >= 0.6 is 11.8 Å². The molecule has 0 unspecified atom stereocenters. The van der Waals surface area contributed by atoms with Gasteiger partial charge in [-0.05, 0) is 30.9 Å². The fourth-order valence-corrected chi connectivity index (χ4v) is 4.19. The monoisotopic (exact) mass is 403 g/mol. The van der Waals surface area contributed by atoms with Gasteiger partial charge in [0.25, 0.3) is 0 Å². The van der Waals surface area contributed by atoms with Gasteiger partial charge in [-0.3, -0.25) is 4.79 Å². The molecular formula is C20H37NO5S. The first-order valence-corrected chi connectivity index (χ1v) is 11.1. The van der Waals surface area contributed by atoms with Gasteiger partial charge in [0.2, 0.25) is 0 Å². The minimum atomic E-state index is -0.359. The highest BCUT2D eigenvalue weighted by Crippen LogP contribution is 2.32. The Hall–Kier alpha value is -0.790. The van der Waals surface area contributed by atoms with Crippen molar-refractivity contribution in [1.29, 1.82) is 0 Å². The zero-order valence-corrected chi connectivity index (χ0v) is 18.1. The predicted octanol–water partition coefficient (Wildman–Crippen LogP) is 3.81. The molecule has 0 spiro atoms.